The van der Waals surface area contributed by atoms with Crippen LogP contribution >= 0.6 is 0 Å². The Morgan fingerprint density at radius 1 is 0.413 bits per heavy atom. The highest BCUT2D eigenvalue weighted by Crippen LogP contribution is 2.16. The van der Waals surface area contributed by atoms with Gasteiger partial charge in [0.05, 0.1) is 10.8 Å². The van der Waals surface area contributed by atoms with Crippen LogP contribution in [0.15, 0.2) is 0 Å². The van der Waals surface area contributed by atoms with E-state index >= 15 is 0 Å². The maximum absolute atomic E-state index is 11.6. The van der Waals surface area contributed by atoms with Gasteiger partial charge in [0.15, 0.2) is 0 Å². The van der Waals surface area contributed by atoms with E-state index in [9.17, 15) is 19.2 Å². The second-order valence-electron chi connectivity index (χ2n) is 14.8. The Morgan fingerprint density at radius 3 is 0.848 bits per heavy atom. The first kappa shape index (κ1) is 46.4. The molecule has 0 rings (SSSR count). The van der Waals surface area contributed by atoms with Gasteiger partial charge >= 0.3 is 11.9 Å². The standard InChI is InChI=1S/C21H40O3.C19H36O3/c1-4-5-6-7-8-9-10-11-12-13-14-15-16-17-20(23)24-19-21(2,3)18-22;1-4-5-6-7-8-9-10-11-12-13-14-15-18(21)22-17-19(2,3)16-20/h18H,4-17,19H2,1-3H3;16H,4-15,17H2,1-3H3. The molecule has 0 aromatic rings. The summed E-state index contributed by atoms with van der Waals surface area (Å²) in [5.41, 5.74) is -1.13. The number of esters is 2. The largest absolute Gasteiger partial charge is 0.465 e. The second kappa shape index (κ2) is 33.2. The Bertz CT molecular complexity index is 715. The van der Waals surface area contributed by atoms with Crippen molar-refractivity contribution in [3.63, 3.8) is 0 Å². The van der Waals surface area contributed by atoms with Crippen LogP contribution in [0.1, 0.15) is 208 Å². The monoisotopic (exact) mass is 653 g/mol. The molecule has 0 aromatic carbocycles. The molecule has 0 saturated heterocycles. The van der Waals surface area contributed by atoms with Gasteiger partial charge in [0.1, 0.15) is 25.8 Å². The summed E-state index contributed by atoms with van der Waals surface area (Å²) >= 11 is 0. The van der Waals surface area contributed by atoms with Crippen molar-refractivity contribution in [1.82, 2.24) is 0 Å². The van der Waals surface area contributed by atoms with E-state index in [4.69, 9.17) is 9.47 Å². The average Bonchev–Trinajstić information content (AvgIpc) is 3.04. The molecule has 0 saturated carbocycles. The molecule has 6 nitrogen and oxygen atoms in total. The Hall–Kier alpha value is -1.72. The van der Waals surface area contributed by atoms with Crippen LogP contribution in [0.3, 0.4) is 0 Å². The molecule has 0 N–H and O–H groups in total. The number of aldehydes is 2. The van der Waals surface area contributed by atoms with Gasteiger partial charge in [0.25, 0.3) is 0 Å². The number of unbranched alkanes of at least 4 members (excludes halogenated alkanes) is 22. The minimum Gasteiger partial charge on any atom is -0.465 e. The molecule has 272 valence electrons. The molecule has 0 heterocycles. The van der Waals surface area contributed by atoms with Gasteiger partial charge in [-0.1, -0.05) is 155 Å². The van der Waals surface area contributed by atoms with Gasteiger partial charge in [-0.3, -0.25) is 9.59 Å². The van der Waals surface area contributed by atoms with E-state index in [-0.39, 0.29) is 25.2 Å². The summed E-state index contributed by atoms with van der Waals surface area (Å²) in [6.45, 7) is 12.0. The van der Waals surface area contributed by atoms with Crippen molar-refractivity contribution >= 4 is 24.5 Å². The van der Waals surface area contributed by atoms with Crippen LogP contribution < -0.4 is 0 Å². The summed E-state index contributed by atoms with van der Waals surface area (Å²) in [6.07, 6.45) is 33.5. The van der Waals surface area contributed by atoms with Gasteiger partial charge < -0.3 is 19.1 Å². The Labute approximate surface area is 285 Å². The third-order valence-corrected chi connectivity index (χ3v) is 8.32. The molecule has 0 aromatic heterocycles. The number of carbonyl (C=O) groups excluding carboxylic acids is 4. The summed E-state index contributed by atoms with van der Waals surface area (Å²) in [5, 5.41) is 0. The summed E-state index contributed by atoms with van der Waals surface area (Å²) in [7, 11) is 0. The van der Waals surface area contributed by atoms with Crippen LogP contribution in [0.4, 0.5) is 0 Å². The van der Waals surface area contributed by atoms with E-state index < -0.39 is 10.8 Å². The van der Waals surface area contributed by atoms with Crippen LogP contribution in [-0.4, -0.2) is 37.7 Å². The molecule has 0 aliphatic rings. The maximum Gasteiger partial charge on any atom is 0.305 e. The minimum absolute atomic E-state index is 0.173. The lowest BCUT2D eigenvalue weighted by molar-refractivity contribution is -0.148. The lowest BCUT2D eigenvalue weighted by atomic mass is 9.98. The van der Waals surface area contributed by atoms with Gasteiger partial charge in [-0.25, -0.2) is 0 Å². The maximum atomic E-state index is 11.6. The fourth-order valence-electron chi connectivity index (χ4n) is 4.97. The minimum atomic E-state index is -0.564. The van der Waals surface area contributed by atoms with E-state index in [0.717, 1.165) is 38.3 Å². The Balaban J connectivity index is 0. The highest BCUT2D eigenvalue weighted by Gasteiger charge is 2.19. The van der Waals surface area contributed by atoms with Crippen LogP contribution in [0.25, 0.3) is 0 Å². The highest BCUT2D eigenvalue weighted by molar-refractivity contribution is 5.70. The Morgan fingerprint density at radius 2 is 0.630 bits per heavy atom. The summed E-state index contributed by atoms with van der Waals surface area (Å²) < 4.78 is 10.3. The lowest BCUT2D eigenvalue weighted by Crippen LogP contribution is -2.23. The lowest BCUT2D eigenvalue weighted by Gasteiger charge is -2.16. The van der Waals surface area contributed by atoms with Gasteiger partial charge in [-0.2, -0.15) is 0 Å². The van der Waals surface area contributed by atoms with Crippen molar-refractivity contribution in [2.24, 2.45) is 10.8 Å². The molecule has 6 heteroatoms. The molecule has 0 radical (unpaired) electrons. The van der Waals surface area contributed by atoms with Crippen molar-refractivity contribution in [2.45, 2.75) is 208 Å². The first-order chi connectivity index (χ1) is 22.0. The van der Waals surface area contributed by atoms with E-state index in [1.165, 1.54) is 128 Å². The smallest absolute Gasteiger partial charge is 0.305 e. The van der Waals surface area contributed by atoms with Gasteiger partial charge in [0, 0.05) is 12.8 Å². The van der Waals surface area contributed by atoms with Crippen LogP contribution in [0, 0.1) is 10.8 Å². The molecule has 46 heavy (non-hydrogen) atoms. The molecule has 0 unspecified atom stereocenters. The normalized spacial score (nSPS) is 11.4. The predicted octanol–water partition coefficient (Wildman–Crippen LogP) is 11.7. The van der Waals surface area contributed by atoms with Crippen LogP contribution in [0.2, 0.25) is 0 Å². The van der Waals surface area contributed by atoms with Gasteiger partial charge in [0.2, 0.25) is 0 Å². The summed E-state index contributed by atoms with van der Waals surface area (Å²) in [6, 6.07) is 0. The summed E-state index contributed by atoms with van der Waals surface area (Å²) in [5.74, 6) is -0.348. The van der Waals surface area contributed by atoms with Crippen LogP contribution in [0.5, 0.6) is 0 Å². The first-order valence-electron chi connectivity index (χ1n) is 19.3. The molecule has 0 fully saturated rings. The molecule has 0 amide bonds. The van der Waals surface area contributed by atoms with Crippen molar-refractivity contribution < 1.29 is 28.7 Å². The third kappa shape index (κ3) is 36.7. The molecular weight excluding hydrogens is 576 g/mol. The van der Waals surface area contributed by atoms with E-state index in [1.54, 1.807) is 27.7 Å². The Kier molecular flexibility index (Phi) is 33.5. The average molecular weight is 653 g/mol. The van der Waals surface area contributed by atoms with Crippen molar-refractivity contribution in [2.75, 3.05) is 13.2 Å². The van der Waals surface area contributed by atoms with E-state index in [1.807, 2.05) is 0 Å². The number of ether oxygens (including phenoxy) is 2. The SMILES string of the molecule is CCCCCCCCCCCCCC(=O)OCC(C)(C)C=O.CCCCCCCCCCCCCCCC(=O)OCC(C)(C)C=O. The number of hydrogen-bond donors (Lipinski definition) is 0. The molecule has 0 aliphatic heterocycles. The first-order valence-corrected chi connectivity index (χ1v) is 19.3. The molecule has 0 atom stereocenters. The number of rotatable bonds is 32. The molecule has 0 spiro atoms. The fraction of sp³-hybridized carbons (Fsp3) is 0.900. The molecule has 0 bridgehead atoms. The zero-order valence-corrected chi connectivity index (χ0v) is 31.4. The van der Waals surface area contributed by atoms with Crippen molar-refractivity contribution in [3.05, 3.63) is 0 Å². The summed E-state index contributed by atoms with van der Waals surface area (Å²) in [4.78, 5) is 44.5. The highest BCUT2D eigenvalue weighted by atomic mass is 16.5. The quantitative estimate of drug-likeness (QED) is 0.0408. The molecular formula is C40H76O6. The number of hydrogen-bond acceptors (Lipinski definition) is 6. The zero-order valence-electron chi connectivity index (χ0n) is 31.4. The third-order valence-electron chi connectivity index (χ3n) is 8.32. The predicted molar refractivity (Wildman–Crippen MR) is 193 cm³/mol. The topological polar surface area (TPSA) is 86.7 Å². The van der Waals surface area contributed by atoms with Crippen molar-refractivity contribution in [1.29, 1.82) is 0 Å². The molecule has 0 aliphatic carbocycles. The van der Waals surface area contributed by atoms with Crippen LogP contribution in [-0.2, 0) is 28.7 Å². The van der Waals surface area contributed by atoms with Gasteiger partial charge in [-0.15, -0.1) is 0 Å². The fourth-order valence-corrected chi connectivity index (χ4v) is 4.97. The van der Waals surface area contributed by atoms with Gasteiger partial charge in [-0.05, 0) is 40.5 Å². The number of carbonyl (C=O) groups is 4. The zero-order chi connectivity index (χ0) is 34.8. The van der Waals surface area contributed by atoms with E-state index in [2.05, 4.69) is 13.8 Å². The van der Waals surface area contributed by atoms with Crippen molar-refractivity contribution in [3.8, 4) is 0 Å². The second-order valence-corrected chi connectivity index (χ2v) is 14.8. The van der Waals surface area contributed by atoms with E-state index in [0.29, 0.717) is 12.8 Å².